The number of nitrogens with one attached hydrogen (secondary N) is 1. The van der Waals surface area contributed by atoms with E-state index in [1.165, 1.54) is 5.57 Å². The van der Waals surface area contributed by atoms with Crippen LogP contribution in [0.25, 0.3) is 6.08 Å². The molecule has 64 valence electrons. The molecule has 0 unspecified atom stereocenters. The Morgan fingerprint density at radius 1 is 1.42 bits per heavy atom. The lowest BCUT2D eigenvalue weighted by atomic mass is 10.2. The molecule has 0 aliphatic carbocycles. The van der Waals surface area contributed by atoms with Crippen molar-refractivity contribution in [2.24, 2.45) is 0 Å². The second-order valence-electron chi connectivity index (χ2n) is 2.94. The van der Waals surface area contributed by atoms with Crippen LogP contribution < -0.4 is 5.32 Å². The number of rotatable bonds is 2. The molecule has 2 nitrogen and oxygen atoms in total. The van der Waals surface area contributed by atoms with Crippen LogP contribution in [0, 0.1) is 0 Å². The lowest BCUT2D eigenvalue weighted by Gasteiger charge is -1.98. The first-order valence-corrected chi connectivity index (χ1v) is 4.01. The normalized spacial score (nSPS) is 9.25. The van der Waals surface area contributed by atoms with Crippen molar-refractivity contribution in [3.8, 4) is 0 Å². The molecule has 0 bridgehead atoms. The Hall–Kier alpha value is -1.31. The van der Waals surface area contributed by atoms with E-state index in [0.717, 1.165) is 11.4 Å². The van der Waals surface area contributed by atoms with Gasteiger partial charge in [-0.25, -0.2) is 0 Å². The summed E-state index contributed by atoms with van der Waals surface area (Å²) in [6.45, 7) is 4.13. The molecule has 1 heterocycles. The van der Waals surface area contributed by atoms with Gasteiger partial charge in [-0.3, -0.25) is 4.98 Å². The predicted molar refractivity (Wildman–Crippen MR) is 53.1 cm³/mol. The number of anilines is 1. The summed E-state index contributed by atoms with van der Waals surface area (Å²) in [6.07, 6.45) is 3.88. The topological polar surface area (TPSA) is 24.9 Å². The average Bonchev–Trinajstić information content (AvgIpc) is 2.05. The van der Waals surface area contributed by atoms with E-state index in [1.807, 2.05) is 25.4 Å². The summed E-state index contributed by atoms with van der Waals surface area (Å²) in [7, 11) is 1.89. The van der Waals surface area contributed by atoms with Gasteiger partial charge in [0.15, 0.2) is 0 Å². The van der Waals surface area contributed by atoms with Gasteiger partial charge < -0.3 is 5.32 Å². The van der Waals surface area contributed by atoms with Crippen LogP contribution in [0.4, 0.5) is 5.69 Å². The molecule has 1 aromatic heterocycles. The molecule has 0 aliphatic rings. The number of aromatic nitrogens is 1. The van der Waals surface area contributed by atoms with Crippen LogP contribution >= 0.6 is 0 Å². The second kappa shape index (κ2) is 3.90. The summed E-state index contributed by atoms with van der Waals surface area (Å²) < 4.78 is 0. The fourth-order valence-electron chi connectivity index (χ4n) is 0.934. The molecule has 12 heavy (non-hydrogen) atoms. The van der Waals surface area contributed by atoms with Gasteiger partial charge in [0.1, 0.15) is 0 Å². The molecule has 0 amide bonds. The molecule has 0 saturated heterocycles. The maximum atomic E-state index is 4.25. The highest BCUT2D eigenvalue weighted by Crippen LogP contribution is 2.07. The Morgan fingerprint density at radius 3 is 2.58 bits per heavy atom. The van der Waals surface area contributed by atoms with Gasteiger partial charge in [-0.05, 0) is 32.1 Å². The molecule has 0 saturated carbocycles. The minimum Gasteiger partial charge on any atom is -0.387 e. The summed E-state index contributed by atoms with van der Waals surface area (Å²) in [4.78, 5) is 4.25. The summed E-state index contributed by atoms with van der Waals surface area (Å²) in [5.74, 6) is 0. The zero-order chi connectivity index (χ0) is 8.97. The minimum absolute atomic E-state index is 1.01. The number of hydrogen-bond donors (Lipinski definition) is 1. The third kappa shape index (κ3) is 2.38. The van der Waals surface area contributed by atoms with Crippen molar-refractivity contribution in [2.45, 2.75) is 13.8 Å². The van der Waals surface area contributed by atoms with E-state index in [4.69, 9.17) is 0 Å². The SMILES string of the molecule is CNc1ccc(C=C(C)C)nc1. The molecule has 1 N–H and O–H groups in total. The Balaban J connectivity index is 2.85. The van der Waals surface area contributed by atoms with Crippen molar-refractivity contribution < 1.29 is 0 Å². The summed E-state index contributed by atoms with van der Waals surface area (Å²) in [5, 5.41) is 3.02. The van der Waals surface area contributed by atoms with Crippen molar-refractivity contribution >= 4 is 11.8 Å². The van der Waals surface area contributed by atoms with E-state index in [9.17, 15) is 0 Å². The molecule has 0 atom stereocenters. The van der Waals surface area contributed by atoms with Gasteiger partial charge in [0.2, 0.25) is 0 Å². The molecule has 2 heteroatoms. The molecule has 1 rings (SSSR count). The highest BCUT2D eigenvalue weighted by molar-refractivity contribution is 5.51. The van der Waals surface area contributed by atoms with Crippen molar-refractivity contribution in [3.05, 3.63) is 29.6 Å². The number of nitrogens with zero attached hydrogens (tertiary/aromatic N) is 1. The van der Waals surface area contributed by atoms with Crippen molar-refractivity contribution in [1.29, 1.82) is 0 Å². The molecule has 0 aliphatic heterocycles. The molecule has 0 aromatic carbocycles. The van der Waals surface area contributed by atoms with E-state index in [2.05, 4.69) is 30.2 Å². The first-order chi connectivity index (χ1) is 5.72. The molecular weight excluding hydrogens is 148 g/mol. The Kier molecular flexibility index (Phi) is 2.86. The van der Waals surface area contributed by atoms with Gasteiger partial charge in [-0.1, -0.05) is 5.57 Å². The number of pyridine rings is 1. The van der Waals surface area contributed by atoms with Crippen LogP contribution in [-0.2, 0) is 0 Å². The van der Waals surface area contributed by atoms with Gasteiger partial charge >= 0.3 is 0 Å². The fourth-order valence-corrected chi connectivity index (χ4v) is 0.934. The molecular formula is C10H14N2. The van der Waals surface area contributed by atoms with E-state index in [0.29, 0.717) is 0 Å². The van der Waals surface area contributed by atoms with E-state index >= 15 is 0 Å². The monoisotopic (exact) mass is 162 g/mol. The van der Waals surface area contributed by atoms with Crippen molar-refractivity contribution in [2.75, 3.05) is 12.4 Å². The summed E-state index contributed by atoms with van der Waals surface area (Å²) in [6, 6.07) is 4.01. The molecule has 1 aromatic rings. The van der Waals surface area contributed by atoms with E-state index < -0.39 is 0 Å². The largest absolute Gasteiger partial charge is 0.387 e. The van der Waals surface area contributed by atoms with Crippen molar-refractivity contribution in [1.82, 2.24) is 4.98 Å². The zero-order valence-corrected chi connectivity index (χ0v) is 7.76. The highest BCUT2D eigenvalue weighted by atomic mass is 14.8. The second-order valence-corrected chi connectivity index (χ2v) is 2.94. The van der Waals surface area contributed by atoms with Crippen molar-refractivity contribution in [3.63, 3.8) is 0 Å². The quantitative estimate of drug-likeness (QED) is 0.722. The maximum absolute atomic E-state index is 4.25. The first kappa shape index (κ1) is 8.78. The predicted octanol–water partition coefficient (Wildman–Crippen LogP) is 2.55. The third-order valence-electron chi connectivity index (χ3n) is 1.51. The molecule has 0 fully saturated rings. The van der Waals surface area contributed by atoms with Crippen LogP contribution in [0.5, 0.6) is 0 Å². The standard InChI is InChI=1S/C10H14N2/c1-8(2)6-9-4-5-10(11-3)7-12-9/h4-7,11H,1-3H3. The Bertz CT molecular complexity index is 268. The molecule has 0 spiro atoms. The summed E-state index contributed by atoms with van der Waals surface area (Å²) >= 11 is 0. The minimum atomic E-state index is 1.01. The maximum Gasteiger partial charge on any atom is 0.0630 e. The Morgan fingerprint density at radius 2 is 2.17 bits per heavy atom. The average molecular weight is 162 g/mol. The number of allylic oxidation sites excluding steroid dienone is 1. The zero-order valence-electron chi connectivity index (χ0n) is 7.76. The van der Waals surface area contributed by atoms with Gasteiger partial charge in [-0.15, -0.1) is 0 Å². The van der Waals surface area contributed by atoms with Crippen LogP contribution in [0.2, 0.25) is 0 Å². The van der Waals surface area contributed by atoms with E-state index in [1.54, 1.807) is 0 Å². The third-order valence-corrected chi connectivity index (χ3v) is 1.51. The van der Waals surface area contributed by atoms with Gasteiger partial charge in [0, 0.05) is 7.05 Å². The van der Waals surface area contributed by atoms with Crippen LogP contribution in [-0.4, -0.2) is 12.0 Å². The van der Waals surface area contributed by atoms with E-state index in [-0.39, 0.29) is 0 Å². The fraction of sp³-hybridized carbons (Fsp3) is 0.300. The summed E-state index contributed by atoms with van der Waals surface area (Å²) in [5.41, 5.74) is 3.31. The lowest BCUT2D eigenvalue weighted by molar-refractivity contribution is 1.27. The van der Waals surface area contributed by atoms with Crippen LogP contribution in [0.3, 0.4) is 0 Å². The highest BCUT2D eigenvalue weighted by Gasteiger charge is 1.89. The van der Waals surface area contributed by atoms with Crippen LogP contribution in [0.15, 0.2) is 23.9 Å². The van der Waals surface area contributed by atoms with Gasteiger partial charge in [0.05, 0.1) is 17.6 Å². The Labute approximate surface area is 73.3 Å². The van der Waals surface area contributed by atoms with Gasteiger partial charge in [0.25, 0.3) is 0 Å². The first-order valence-electron chi connectivity index (χ1n) is 4.01. The smallest absolute Gasteiger partial charge is 0.0630 e. The lowest BCUT2D eigenvalue weighted by Crippen LogP contribution is -1.89. The number of hydrogen-bond acceptors (Lipinski definition) is 2. The molecule has 0 radical (unpaired) electrons. The van der Waals surface area contributed by atoms with Crippen LogP contribution in [0.1, 0.15) is 19.5 Å². The van der Waals surface area contributed by atoms with Gasteiger partial charge in [-0.2, -0.15) is 0 Å².